The number of aliphatic hydroxyl groups is 1. The van der Waals surface area contributed by atoms with Crippen molar-refractivity contribution in [3.8, 4) is 11.5 Å². The van der Waals surface area contributed by atoms with Gasteiger partial charge in [-0.1, -0.05) is 6.92 Å². The van der Waals surface area contributed by atoms with E-state index < -0.39 is 0 Å². The third-order valence-electron chi connectivity index (χ3n) is 2.24. The first-order valence-electron chi connectivity index (χ1n) is 5.28. The van der Waals surface area contributed by atoms with Crippen molar-refractivity contribution in [1.29, 1.82) is 0 Å². The molecule has 1 unspecified atom stereocenters. The number of aliphatic hydroxyl groups excluding tert-OH is 1. The molecule has 1 rings (SSSR count). The van der Waals surface area contributed by atoms with Crippen molar-refractivity contribution >= 4 is 17.5 Å². The summed E-state index contributed by atoms with van der Waals surface area (Å²) in [6, 6.07) is 4.03. The summed E-state index contributed by atoms with van der Waals surface area (Å²) in [6.45, 7) is 2.02. The minimum atomic E-state index is -0.287. The smallest absolute Gasteiger partial charge is 0.172 e. The molecule has 0 fully saturated rings. The lowest BCUT2D eigenvalue weighted by Crippen LogP contribution is -2.08. The van der Waals surface area contributed by atoms with Crippen LogP contribution in [0.15, 0.2) is 18.2 Å². The zero-order valence-electron chi connectivity index (χ0n) is 9.59. The van der Waals surface area contributed by atoms with Crippen LogP contribution in [0.1, 0.15) is 17.3 Å². The molecule has 0 saturated heterocycles. The van der Waals surface area contributed by atoms with Crippen molar-refractivity contribution in [1.82, 2.24) is 0 Å². The van der Waals surface area contributed by atoms with E-state index in [1.165, 1.54) is 30.0 Å². The van der Waals surface area contributed by atoms with Gasteiger partial charge in [0.25, 0.3) is 0 Å². The lowest BCUT2D eigenvalue weighted by atomic mass is 10.1. The van der Waals surface area contributed by atoms with Crippen molar-refractivity contribution < 1.29 is 20.1 Å². The van der Waals surface area contributed by atoms with Crippen LogP contribution in [0, 0.1) is 5.92 Å². The Balaban J connectivity index is 2.50. The molecule has 0 saturated carbocycles. The van der Waals surface area contributed by atoms with E-state index in [2.05, 4.69) is 0 Å². The minimum Gasteiger partial charge on any atom is -0.504 e. The quantitative estimate of drug-likeness (QED) is 0.533. The van der Waals surface area contributed by atoms with Crippen molar-refractivity contribution in [2.75, 3.05) is 18.1 Å². The van der Waals surface area contributed by atoms with Crippen LogP contribution in [-0.4, -0.2) is 39.2 Å². The molecule has 0 aliphatic rings. The number of carbonyl (C=O) groups is 1. The normalized spacial score (nSPS) is 12.4. The van der Waals surface area contributed by atoms with E-state index in [0.29, 0.717) is 17.1 Å². The van der Waals surface area contributed by atoms with Gasteiger partial charge < -0.3 is 15.3 Å². The molecule has 0 heterocycles. The number of ketones is 1. The number of Topliss-reactive ketones (excluding diaryl/α,β-unsaturated/α-hetero) is 1. The monoisotopic (exact) mass is 256 g/mol. The molecule has 0 aliphatic carbocycles. The Kier molecular flexibility index (Phi) is 5.31. The molecule has 0 aliphatic heterocycles. The second kappa shape index (κ2) is 6.51. The predicted molar refractivity (Wildman–Crippen MR) is 67.7 cm³/mol. The number of phenols is 2. The molecule has 5 heteroatoms. The van der Waals surface area contributed by atoms with Crippen LogP contribution < -0.4 is 0 Å². The lowest BCUT2D eigenvalue weighted by molar-refractivity contribution is 0.102. The predicted octanol–water partition coefficient (Wildman–Crippen LogP) is 1.64. The number of thioether (sulfide) groups is 1. The largest absolute Gasteiger partial charge is 0.504 e. The molecule has 0 spiro atoms. The van der Waals surface area contributed by atoms with Gasteiger partial charge in [-0.2, -0.15) is 11.8 Å². The van der Waals surface area contributed by atoms with Gasteiger partial charge in [0, 0.05) is 12.2 Å². The Labute approximate surface area is 104 Å². The lowest BCUT2D eigenvalue weighted by Gasteiger charge is -2.07. The minimum absolute atomic E-state index is 0.101. The number of benzene rings is 1. The fourth-order valence-corrected chi connectivity index (χ4v) is 2.16. The first-order chi connectivity index (χ1) is 8.04. The van der Waals surface area contributed by atoms with Crippen LogP contribution in [0.3, 0.4) is 0 Å². The van der Waals surface area contributed by atoms with Gasteiger partial charge in [0.1, 0.15) is 0 Å². The van der Waals surface area contributed by atoms with E-state index in [4.69, 9.17) is 10.2 Å². The highest BCUT2D eigenvalue weighted by molar-refractivity contribution is 7.99. The topological polar surface area (TPSA) is 77.8 Å². The molecular weight excluding hydrogens is 240 g/mol. The van der Waals surface area contributed by atoms with E-state index in [-0.39, 0.29) is 29.8 Å². The maximum atomic E-state index is 11.7. The van der Waals surface area contributed by atoms with Crippen LogP contribution in [0.4, 0.5) is 0 Å². The summed E-state index contributed by atoms with van der Waals surface area (Å²) < 4.78 is 0. The average molecular weight is 256 g/mol. The van der Waals surface area contributed by atoms with Crippen molar-refractivity contribution in [3.63, 3.8) is 0 Å². The number of hydrogen-bond donors (Lipinski definition) is 3. The molecule has 4 nitrogen and oxygen atoms in total. The van der Waals surface area contributed by atoms with Crippen molar-refractivity contribution in [2.24, 2.45) is 5.92 Å². The Hall–Kier alpha value is -1.20. The van der Waals surface area contributed by atoms with Crippen LogP contribution in [0.2, 0.25) is 0 Å². The molecule has 0 radical (unpaired) electrons. The van der Waals surface area contributed by atoms with Crippen molar-refractivity contribution in [2.45, 2.75) is 6.92 Å². The van der Waals surface area contributed by atoms with Crippen molar-refractivity contribution in [3.05, 3.63) is 23.8 Å². The number of hydrogen-bond acceptors (Lipinski definition) is 5. The van der Waals surface area contributed by atoms with E-state index in [0.717, 1.165) is 0 Å². The van der Waals surface area contributed by atoms with E-state index >= 15 is 0 Å². The Morgan fingerprint density at radius 3 is 2.65 bits per heavy atom. The summed E-state index contributed by atoms with van der Waals surface area (Å²) in [6.07, 6.45) is 0. The zero-order valence-corrected chi connectivity index (χ0v) is 10.4. The highest BCUT2D eigenvalue weighted by Crippen LogP contribution is 2.25. The molecule has 0 amide bonds. The fourth-order valence-electron chi connectivity index (χ4n) is 1.19. The molecular formula is C12H16O4S. The van der Waals surface area contributed by atoms with Gasteiger partial charge >= 0.3 is 0 Å². The second-order valence-corrected chi connectivity index (χ2v) is 4.96. The van der Waals surface area contributed by atoms with Crippen LogP contribution in [-0.2, 0) is 0 Å². The average Bonchev–Trinajstić information content (AvgIpc) is 2.32. The Morgan fingerprint density at radius 2 is 2.06 bits per heavy atom. The first kappa shape index (κ1) is 13.9. The Bertz CT molecular complexity index is 392. The van der Waals surface area contributed by atoms with Gasteiger partial charge in [-0.15, -0.1) is 0 Å². The molecule has 17 heavy (non-hydrogen) atoms. The third-order valence-corrected chi connectivity index (χ3v) is 3.52. The number of carbonyl (C=O) groups excluding carboxylic acids is 1. The van der Waals surface area contributed by atoms with Gasteiger partial charge in [0.15, 0.2) is 17.3 Å². The molecule has 1 atom stereocenters. The SMILES string of the molecule is CC(CO)CSCC(=O)c1ccc(O)c(O)c1. The molecule has 0 bridgehead atoms. The summed E-state index contributed by atoms with van der Waals surface area (Å²) in [5.41, 5.74) is 0.379. The maximum absolute atomic E-state index is 11.7. The first-order valence-corrected chi connectivity index (χ1v) is 6.44. The molecule has 1 aromatic carbocycles. The van der Waals surface area contributed by atoms with Gasteiger partial charge in [-0.25, -0.2) is 0 Å². The van der Waals surface area contributed by atoms with Crippen LogP contribution in [0.25, 0.3) is 0 Å². The summed E-state index contributed by atoms with van der Waals surface area (Å²) >= 11 is 1.45. The van der Waals surface area contributed by atoms with E-state index in [9.17, 15) is 9.90 Å². The molecule has 94 valence electrons. The fraction of sp³-hybridized carbons (Fsp3) is 0.417. The highest BCUT2D eigenvalue weighted by Gasteiger charge is 2.10. The van der Waals surface area contributed by atoms with Gasteiger partial charge in [-0.3, -0.25) is 4.79 Å². The second-order valence-electron chi connectivity index (χ2n) is 3.93. The third kappa shape index (κ3) is 4.28. The van der Waals surface area contributed by atoms with Gasteiger partial charge in [0.05, 0.1) is 5.75 Å². The zero-order chi connectivity index (χ0) is 12.8. The maximum Gasteiger partial charge on any atom is 0.172 e. The van der Waals surface area contributed by atoms with E-state index in [1.54, 1.807) is 0 Å². The van der Waals surface area contributed by atoms with Gasteiger partial charge in [-0.05, 0) is 29.9 Å². The number of rotatable bonds is 6. The highest BCUT2D eigenvalue weighted by atomic mass is 32.2. The molecule has 1 aromatic rings. The number of aromatic hydroxyl groups is 2. The standard InChI is InChI=1S/C12H16O4S/c1-8(5-13)6-17-7-12(16)9-2-3-10(14)11(15)4-9/h2-4,8,13-15H,5-7H2,1H3. The van der Waals surface area contributed by atoms with Crippen LogP contribution >= 0.6 is 11.8 Å². The summed E-state index contributed by atoms with van der Waals surface area (Å²) in [7, 11) is 0. The Morgan fingerprint density at radius 1 is 1.35 bits per heavy atom. The summed E-state index contributed by atoms with van der Waals surface area (Å²) in [5.74, 6) is 0.560. The number of phenolic OH excluding ortho intramolecular Hbond substituents is 2. The molecule has 3 N–H and O–H groups in total. The van der Waals surface area contributed by atoms with E-state index in [1.807, 2.05) is 6.92 Å². The summed E-state index contributed by atoms with van der Waals surface area (Å²) in [4.78, 5) is 11.7. The summed E-state index contributed by atoms with van der Waals surface area (Å²) in [5, 5.41) is 27.2. The van der Waals surface area contributed by atoms with Crippen LogP contribution in [0.5, 0.6) is 11.5 Å². The molecule has 0 aromatic heterocycles. The van der Waals surface area contributed by atoms with Gasteiger partial charge in [0.2, 0.25) is 0 Å².